The summed E-state index contributed by atoms with van der Waals surface area (Å²) < 4.78 is 0.826. The Kier molecular flexibility index (Phi) is 4.73. The van der Waals surface area contributed by atoms with Crippen molar-refractivity contribution in [3.8, 4) is 0 Å². The molecule has 20 heavy (non-hydrogen) atoms. The molecule has 0 saturated heterocycles. The van der Waals surface area contributed by atoms with E-state index in [0.717, 1.165) is 9.13 Å². The van der Waals surface area contributed by atoms with Crippen molar-refractivity contribution in [1.29, 1.82) is 0 Å². The zero-order valence-corrected chi connectivity index (χ0v) is 13.0. The van der Waals surface area contributed by atoms with Crippen molar-refractivity contribution in [2.45, 2.75) is 6.92 Å². The van der Waals surface area contributed by atoms with E-state index in [1.165, 1.54) is 0 Å². The summed E-state index contributed by atoms with van der Waals surface area (Å²) in [6, 6.07) is 14.3. The van der Waals surface area contributed by atoms with Crippen LogP contribution in [-0.4, -0.2) is 11.8 Å². The monoisotopic (exact) mass is 380 g/mol. The first-order valence-corrected chi connectivity index (χ1v) is 7.07. The molecule has 5 heteroatoms. The number of hydrogen-bond donors (Lipinski definition) is 2. The maximum absolute atomic E-state index is 11.9. The fraction of sp³-hybridized carbons (Fsp3) is 0.0667. The van der Waals surface area contributed by atoms with Crippen LogP contribution in [0.25, 0.3) is 0 Å². The number of carbonyl (C=O) groups is 2. The van der Waals surface area contributed by atoms with Crippen LogP contribution in [-0.2, 0) is 0 Å². The van der Waals surface area contributed by atoms with Gasteiger partial charge in [0, 0.05) is 9.13 Å². The lowest BCUT2D eigenvalue weighted by atomic mass is 10.1. The van der Waals surface area contributed by atoms with Gasteiger partial charge in [0.05, 0.1) is 5.56 Å². The van der Waals surface area contributed by atoms with Crippen LogP contribution >= 0.6 is 22.6 Å². The van der Waals surface area contributed by atoms with E-state index in [0.29, 0.717) is 11.1 Å². The number of rotatable bonds is 2. The quantitative estimate of drug-likeness (QED) is 0.622. The smallest absolute Gasteiger partial charge is 0.267 e. The average molecular weight is 380 g/mol. The number of carbonyl (C=O) groups excluding carboxylic acids is 2. The summed E-state index contributed by atoms with van der Waals surface area (Å²) >= 11 is 2.07. The van der Waals surface area contributed by atoms with Crippen molar-refractivity contribution in [3.63, 3.8) is 0 Å². The second-order valence-corrected chi connectivity index (χ2v) is 5.42. The maximum atomic E-state index is 11.9. The number of hydrazine groups is 1. The molecule has 0 aromatic heterocycles. The molecule has 0 saturated carbocycles. The second-order valence-electron chi connectivity index (χ2n) is 4.26. The highest BCUT2D eigenvalue weighted by Gasteiger charge is 2.11. The van der Waals surface area contributed by atoms with E-state index in [1.807, 2.05) is 25.1 Å². The summed E-state index contributed by atoms with van der Waals surface area (Å²) in [6.07, 6.45) is 0. The van der Waals surface area contributed by atoms with Crippen molar-refractivity contribution in [3.05, 3.63) is 68.8 Å². The van der Waals surface area contributed by atoms with Gasteiger partial charge >= 0.3 is 0 Å². The van der Waals surface area contributed by atoms with Crippen LogP contribution in [0.4, 0.5) is 0 Å². The van der Waals surface area contributed by atoms with Gasteiger partial charge in [-0.1, -0.05) is 29.8 Å². The van der Waals surface area contributed by atoms with Gasteiger partial charge in [0.2, 0.25) is 0 Å². The lowest BCUT2D eigenvalue weighted by molar-refractivity contribution is 0.0846. The summed E-state index contributed by atoms with van der Waals surface area (Å²) in [5.74, 6) is -0.677. The van der Waals surface area contributed by atoms with Gasteiger partial charge in [-0.3, -0.25) is 20.4 Å². The second kappa shape index (κ2) is 6.51. The molecule has 4 nitrogen and oxygen atoms in total. The fourth-order valence-electron chi connectivity index (χ4n) is 1.68. The fourth-order valence-corrected chi connectivity index (χ4v) is 2.32. The minimum absolute atomic E-state index is 0.337. The lowest BCUT2D eigenvalue weighted by Gasteiger charge is -2.08. The van der Waals surface area contributed by atoms with Crippen molar-refractivity contribution in [2.24, 2.45) is 0 Å². The first kappa shape index (κ1) is 14.5. The summed E-state index contributed by atoms with van der Waals surface area (Å²) in [7, 11) is 0. The molecular weight excluding hydrogens is 367 g/mol. The van der Waals surface area contributed by atoms with Crippen LogP contribution < -0.4 is 10.9 Å². The number of benzene rings is 2. The number of amides is 2. The Morgan fingerprint density at radius 3 is 2.35 bits per heavy atom. The van der Waals surface area contributed by atoms with Crippen LogP contribution in [0.5, 0.6) is 0 Å². The summed E-state index contributed by atoms with van der Waals surface area (Å²) in [4.78, 5) is 23.8. The van der Waals surface area contributed by atoms with E-state index in [1.54, 1.807) is 30.3 Å². The molecular formula is C15H13IN2O2. The molecule has 2 N–H and O–H groups in total. The minimum Gasteiger partial charge on any atom is -0.267 e. The Morgan fingerprint density at radius 2 is 1.65 bits per heavy atom. The molecule has 0 bridgehead atoms. The van der Waals surface area contributed by atoms with Crippen molar-refractivity contribution >= 4 is 34.4 Å². The van der Waals surface area contributed by atoms with E-state index < -0.39 is 0 Å². The van der Waals surface area contributed by atoms with Crippen molar-refractivity contribution in [1.82, 2.24) is 10.9 Å². The van der Waals surface area contributed by atoms with Crippen LogP contribution in [0.3, 0.4) is 0 Å². The molecule has 0 spiro atoms. The average Bonchev–Trinajstić information content (AvgIpc) is 2.45. The Balaban J connectivity index is 2.01. The van der Waals surface area contributed by atoms with Crippen LogP contribution in [0.15, 0.2) is 48.5 Å². The first-order valence-electron chi connectivity index (χ1n) is 6.00. The highest BCUT2D eigenvalue weighted by molar-refractivity contribution is 14.1. The van der Waals surface area contributed by atoms with E-state index in [9.17, 15) is 9.59 Å². The molecule has 2 rings (SSSR count). The van der Waals surface area contributed by atoms with Crippen LogP contribution in [0.2, 0.25) is 0 Å². The molecule has 0 aliphatic rings. The van der Waals surface area contributed by atoms with Gasteiger partial charge in [-0.15, -0.1) is 0 Å². The van der Waals surface area contributed by atoms with Gasteiger partial charge in [0.25, 0.3) is 11.8 Å². The topological polar surface area (TPSA) is 58.2 Å². The lowest BCUT2D eigenvalue weighted by Crippen LogP contribution is -2.41. The molecule has 2 aromatic rings. The normalized spacial score (nSPS) is 9.90. The molecule has 2 amide bonds. The van der Waals surface area contributed by atoms with Gasteiger partial charge < -0.3 is 0 Å². The van der Waals surface area contributed by atoms with Gasteiger partial charge in [-0.2, -0.15) is 0 Å². The van der Waals surface area contributed by atoms with Crippen LogP contribution in [0.1, 0.15) is 26.3 Å². The molecule has 0 aliphatic heterocycles. The number of halogens is 1. The molecule has 2 aromatic carbocycles. The van der Waals surface area contributed by atoms with Gasteiger partial charge in [0.15, 0.2) is 0 Å². The molecule has 0 aliphatic carbocycles. The largest absolute Gasteiger partial charge is 0.270 e. The van der Waals surface area contributed by atoms with Crippen molar-refractivity contribution in [2.75, 3.05) is 0 Å². The number of nitrogens with one attached hydrogen (secondary N) is 2. The molecule has 0 heterocycles. The highest BCUT2D eigenvalue weighted by Crippen LogP contribution is 2.10. The molecule has 0 fully saturated rings. The van der Waals surface area contributed by atoms with E-state index in [2.05, 4.69) is 33.4 Å². The Morgan fingerprint density at radius 1 is 0.950 bits per heavy atom. The number of aryl methyl sites for hydroxylation is 1. The summed E-state index contributed by atoms with van der Waals surface area (Å²) in [5, 5.41) is 0. The SMILES string of the molecule is Cc1cccc(C(=O)NNC(=O)c2ccccc2I)c1. The van der Waals surface area contributed by atoms with E-state index in [-0.39, 0.29) is 11.8 Å². The van der Waals surface area contributed by atoms with Crippen LogP contribution in [0, 0.1) is 10.5 Å². The Labute approximate surface area is 130 Å². The van der Waals surface area contributed by atoms with Crippen molar-refractivity contribution < 1.29 is 9.59 Å². The summed E-state index contributed by atoms with van der Waals surface area (Å²) in [6.45, 7) is 1.90. The third-order valence-electron chi connectivity index (χ3n) is 2.69. The predicted molar refractivity (Wildman–Crippen MR) is 85.3 cm³/mol. The zero-order valence-electron chi connectivity index (χ0n) is 10.8. The third-order valence-corrected chi connectivity index (χ3v) is 3.63. The highest BCUT2D eigenvalue weighted by atomic mass is 127. The first-order chi connectivity index (χ1) is 9.58. The standard InChI is InChI=1S/C15H13IN2O2/c1-10-5-4-6-11(9-10)14(19)17-18-15(20)12-7-2-3-8-13(12)16/h2-9H,1H3,(H,17,19)(H,18,20). The number of hydrogen-bond acceptors (Lipinski definition) is 2. The van der Waals surface area contributed by atoms with Gasteiger partial charge in [-0.25, -0.2) is 0 Å². The third kappa shape index (κ3) is 3.57. The molecule has 0 atom stereocenters. The zero-order chi connectivity index (χ0) is 14.5. The molecule has 102 valence electrons. The van der Waals surface area contributed by atoms with E-state index in [4.69, 9.17) is 0 Å². The Bertz CT molecular complexity index is 656. The predicted octanol–water partition coefficient (Wildman–Crippen LogP) is 2.67. The molecule has 0 radical (unpaired) electrons. The minimum atomic E-state index is -0.340. The molecule has 0 unspecified atom stereocenters. The maximum Gasteiger partial charge on any atom is 0.270 e. The van der Waals surface area contributed by atoms with E-state index >= 15 is 0 Å². The Hall–Kier alpha value is -1.89. The van der Waals surface area contributed by atoms with Gasteiger partial charge in [0.1, 0.15) is 0 Å². The summed E-state index contributed by atoms with van der Waals surface area (Å²) in [5.41, 5.74) is 6.84. The van der Waals surface area contributed by atoms with Gasteiger partial charge in [-0.05, 0) is 53.8 Å².